The third kappa shape index (κ3) is 4.30. The van der Waals surface area contributed by atoms with E-state index in [1.807, 2.05) is 0 Å². The Labute approximate surface area is 125 Å². The maximum atomic E-state index is 3.72. The maximum Gasteiger partial charge on any atom is 0.0318 e. The van der Waals surface area contributed by atoms with E-state index in [0.717, 1.165) is 17.4 Å². The highest BCUT2D eigenvalue weighted by Crippen LogP contribution is 2.20. The van der Waals surface area contributed by atoms with Crippen molar-refractivity contribution in [3.8, 4) is 0 Å². The Kier molecular flexibility index (Phi) is 5.86. The summed E-state index contributed by atoms with van der Waals surface area (Å²) < 4.78 is 1.15. The van der Waals surface area contributed by atoms with E-state index in [-0.39, 0.29) is 0 Å². The second-order valence-corrected chi connectivity index (χ2v) is 6.43. The average Bonchev–Trinajstić information content (AvgIpc) is 2.95. The largest absolute Gasteiger partial charge is 0.308 e. The third-order valence-electron chi connectivity index (χ3n) is 4.10. The molecule has 1 heterocycles. The van der Waals surface area contributed by atoms with E-state index in [1.165, 1.54) is 31.5 Å². The molecule has 0 aromatic heterocycles. The summed E-state index contributed by atoms with van der Waals surface area (Å²) in [5.41, 5.74) is 1.39. The van der Waals surface area contributed by atoms with Crippen LogP contribution in [0.5, 0.6) is 0 Å². The van der Waals surface area contributed by atoms with Crippen LogP contribution < -0.4 is 5.32 Å². The zero-order chi connectivity index (χ0) is 13.7. The van der Waals surface area contributed by atoms with Crippen molar-refractivity contribution in [2.75, 3.05) is 19.6 Å². The van der Waals surface area contributed by atoms with E-state index >= 15 is 0 Å². The lowest BCUT2D eigenvalue weighted by atomic mass is 10.0. The van der Waals surface area contributed by atoms with Gasteiger partial charge < -0.3 is 5.32 Å². The Morgan fingerprint density at radius 2 is 1.84 bits per heavy atom. The Morgan fingerprint density at radius 1 is 1.21 bits per heavy atom. The van der Waals surface area contributed by atoms with Crippen LogP contribution >= 0.6 is 15.9 Å². The first-order valence-electron chi connectivity index (χ1n) is 7.43. The minimum Gasteiger partial charge on any atom is -0.308 e. The molecule has 2 unspecified atom stereocenters. The van der Waals surface area contributed by atoms with E-state index in [4.69, 9.17) is 0 Å². The quantitative estimate of drug-likeness (QED) is 0.851. The molecule has 1 aromatic carbocycles. The van der Waals surface area contributed by atoms with Crippen molar-refractivity contribution in [1.29, 1.82) is 0 Å². The molecule has 3 heteroatoms. The fourth-order valence-corrected chi connectivity index (χ4v) is 3.08. The van der Waals surface area contributed by atoms with Crippen LogP contribution in [0.3, 0.4) is 0 Å². The third-order valence-corrected chi connectivity index (χ3v) is 4.63. The molecule has 0 saturated carbocycles. The van der Waals surface area contributed by atoms with Crippen LogP contribution in [-0.2, 0) is 0 Å². The highest BCUT2D eigenvalue weighted by molar-refractivity contribution is 9.10. The summed E-state index contributed by atoms with van der Waals surface area (Å²) in [7, 11) is 0. The molecule has 106 valence electrons. The topological polar surface area (TPSA) is 15.3 Å². The number of halogens is 1. The fourth-order valence-electron chi connectivity index (χ4n) is 2.82. The predicted molar refractivity (Wildman–Crippen MR) is 85.4 cm³/mol. The van der Waals surface area contributed by atoms with Gasteiger partial charge in [-0.05, 0) is 57.0 Å². The van der Waals surface area contributed by atoms with Crippen molar-refractivity contribution in [3.05, 3.63) is 34.3 Å². The van der Waals surface area contributed by atoms with Crippen LogP contribution in [-0.4, -0.2) is 30.6 Å². The summed E-state index contributed by atoms with van der Waals surface area (Å²) in [5.74, 6) is 0. The van der Waals surface area contributed by atoms with Gasteiger partial charge >= 0.3 is 0 Å². The molecule has 0 bridgehead atoms. The van der Waals surface area contributed by atoms with Gasteiger partial charge in [-0.25, -0.2) is 0 Å². The molecule has 19 heavy (non-hydrogen) atoms. The molecule has 1 fully saturated rings. The molecule has 1 aliphatic heterocycles. The number of hydrogen-bond donors (Lipinski definition) is 1. The maximum absolute atomic E-state index is 3.72. The van der Waals surface area contributed by atoms with Crippen molar-refractivity contribution in [2.45, 2.75) is 45.2 Å². The van der Waals surface area contributed by atoms with Gasteiger partial charge in [-0.2, -0.15) is 0 Å². The van der Waals surface area contributed by atoms with Crippen molar-refractivity contribution in [2.24, 2.45) is 0 Å². The summed E-state index contributed by atoms with van der Waals surface area (Å²) in [5, 5.41) is 3.72. The number of benzene rings is 1. The van der Waals surface area contributed by atoms with E-state index < -0.39 is 0 Å². The average molecular weight is 325 g/mol. The van der Waals surface area contributed by atoms with Crippen LogP contribution in [0.2, 0.25) is 0 Å². The number of likely N-dealkylation sites (tertiary alicyclic amines) is 1. The number of nitrogens with one attached hydrogen (secondary N) is 1. The van der Waals surface area contributed by atoms with Crippen LogP contribution in [0.4, 0.5) is 0 Å². The molecular formula is C16H25BrN2. The van der Waals surface area contributed by atoms with Crippen molar-refractivity contribution in [3.63, 3.8) is 0 Å². The molecule has 1 N–H and O–H groups in total. The molecule has 0 aliphatic carbocycles. The normalized spacial score (nSPS) is 19.5. The molecule has 2 rings (SSSR count). The van der Waals surface area contributed by atoms with Crippen molar-refractivity contribution >= 4 is 15.9 Å². The Hall–Kier alpha value is -0.380. The molecule has 2 atom stereocenters. The van der Waals surface area contributed by atoms with Crippen LogP contribution in [0.25, 0.3) is 0 Å². The van der Waals surface area contributed by atoms with Gasteiger partial charge in [-0.1, -0.05) is 35.0 Å². The zero-order valence-corrected chi connectivity index (χ0v) is 13.6. The van der Waals surface area contributed by atoms with Crippen LogP contribution in [0, 0.1) is 0 Å². The standard InChI is InChI=1S/C16H25BrN2/c1-3-16(14-6-8-15(17)9-7-14)18-12-13(2)19-10-4-5-11-19/h6-9,13,16,18H,3-5,10-12H2,1-2H3. The molecule has 1 aromatic rings. The van der Waals surface area contributed by atoms with Crippen molar-refractivity contribution in [1.82, 2.24) is 10.2 Å². The van der Waals surface area contributed by atoms with Gasteiger partial charge in [0.25, 0.3) is 0 Å². The number of hydrogen-bond acceptors (Lipinski definition) is 2. The summed E-state index contributed by atoms with van der Waals surface area (Å²) >= 11 is 3.50. The SMILES string of the molecule is CCC(NCC(C)N1CCCC1)c1ccc(Br)cc1. The van der Waals surface area contributed by atoms with Gasteiger partial charge in [0, 0.05) is 23.1 Å². The molecule has 1 saturated heterocycles. The molecule has 0 radical (unpaired) electrons. The van der Waals surface area contributed by atoms with Gasteiger partial charge in [-0.15, -0.1) is 0 Å². The van der Waals surface area contributed by atoms with Crippen molar-refractivity contribution < 1.29 is 0 Å². The highest BCUT2D eigenvalue weighted by atomic mass is 79.9. The minimum atomic E-state index is 0.471. The molecule has 1 aliphatic rings. The lowest BCUT2D eigenvalue weighted by molar-refractivity contribution is 0.245. The first-order valence-corrected chi connectivity index (χ1v) is 8.23. The predicted octanol–water partition coefficient (Wildman–Crippen LogP) is 3.97. The number of rotatable bonds is 6. The van der Waals surface area contributed by atoms with E-state index in [2.05, 4.69) is 64.3 Å². The van der Waals surface area contributed by atoms with Gasteiger partial charge in [0.1, 0.15) is 0 Å². The second-order valence-electron chi connectivity index (χ2n) is 5.51. The monoisotopic (exact) mass is 324 g/mol. The van der Waals surface area contributed by atoms with Gasteiger partial charge in [0.05, 0.1) is 0 Å². The van der Waals surface area contributed by atoms with Gasteiger partial charge in [0.2, 0.25) is 0 Å². The summed E-state index contributed by atoms with van der Waals surface area (Å²) in [6.07, 6.45) is 3.87. The summed E-state index contributed by atoms with van der Waals surface area (Å²) in [6, 6.07) is 9.80. The summed E-state index contributed by atoms with van der Waals surface area (Å²) in [6.45, 7) is 8.22. The van der Waals surface area contributed by atoms with Gasteiger partial charge in [-0.3, -0.25) is 4.90 Å². The molecule has 0 spiro atoms. The Morgan fingerprint density at radius 3 is 2.42 bits per heavy atom. The molecular weight excluding hydrogens is 300 g/mol. The minimum absolute atomic E-state index is 0.471. The van der Waals surface area contributed by atoms with Crippen LogP contribution in [0.15, 0.2) is 28.7 Å². The van der Waals surface area contributed by atoms with E-state index in [0.29, 0.717) is 12.1 Å². The number of nitrogens with zero attached hydrogens (tertiary/aromatic N) is 1. The lowest BCUT2D eigenvalue weighted by Crippen LogP contribution is -2.39. The Bertz CT molecular complexity index is 371. The van der Waals surface area contributed by atoms with E-state index in [9.17, 15) is 0 Å². The smallest absolute Gasteiger partial charge is 0.0318 e. The van der Waals surface area contributed by atoms with Crippen LogP contribution in [0.1, 0.15) is 44.7 Å². The zero-order valence-electron chi connectivity index (χ0n) is 12.0. The Balaban J connectivity index is 1.86. The summed E-state index contributed by atoms with van der Waals surface area (Å²) in [4.78, 5) is 2.60. The fraction of sp³-hybridized carbons (Fsp3) is 0.625. The van der Waals surface area contributed by atoms with Gasteiger partial charge in [0.15, 0.2) is 0 Å². The van der Waals surface area contributed by atoms with E-state index in [1.54, 1.807) is 0 Å². The first kappa shape index (κ1) is 15.0. The lowest BCUT2D eigenvalue weighted by Gasteiger charge is -2.27. The first-order chi connectivity index (χ1) is 9.20. The second kappa shape index (κ2) is 7.41. The molecule has 2 nitrogen and oxygen atoms in total. The highest BCUT2D eigenvalue weighted by Gasteiger charge is 2.18. The molecule has 0 amide bonds.